The molecule has 4 heteroatoms. The van der Waals surface area contributed by atoms with Gasteiger partial charge in [-0.25, -0.2) is 4.79 Å². The molecule has 0 heterocycles. The molecule has 0 unspecified atom stereocenters. The third-order valence-corrected chi connectivity index (χ3v) is 3.23. The summed E-state index contributed by atoms with van der Waals surface area (Å²) in [6.45, 7) is 4.09. The summed E-state index contributed by atoms with van der Waals surface area (Å²) in [5.74, 6) is -0.975. The Morgan fingerprint density at radius 2 is 1.70 bits per heavy atom. The van der Waals surface area contributed by atoms with Crippen molar-refractivity contribution in [1.82, 2.24) is 0 Å². The molecular formula is C16H18N2O2. The third-order valence-electron chi connectivity index (χ3n) is 3.23. The first-order chi connectivity index (χ1) is 9.38. The van der Waals surface area contributed by atoms with E-state index in [1.165, 1.54) is 17.2 Å². The minimum Gasteiger partial charge on any atom is -0.478 e. The number of hydrogen-bond acceptors (Lipinski definition) is 3. The fraction of sp³-hybridized carbons (Fsp3) is 0.188. The van der Waals surface area contributed by atoms with E-state index < -0.39 is 5.97 Å². The van der Waals surface area contributed by atoms with Crippen molar-refractivity contribution in [3.63, 3.8) is 0 Å². The van der Waals surface area contributed by atoms with Crippen LogP contribution in [0.15, 0.2) is 36.4 Å². The molecule has 20 heavy (non-hydrogen) atoms. The zero-order valence-electron chi connectivity index (χ0n) is 11.8. The van der Waals surface area contributed by atoms with Crippen LogP contribution in [-0.4, -0.2) is 18.1 Å². The van der Waals surface area contributed by atoms with Crippen molar-refractivity contribution in [2.24, 2.45) is 0 Å². The summed E-state index contributed by atoms with van der Waals surface area (Å²) in [6.07, 6.45) is 0. The minimum absolute atomic E-state index is 0.195. The predicted molar refractivity (Wildman–Crippen MR) is 81.8 cm³/mol. The van der Waals surface area contributed by atoms with Gasteiger partial charge >= 0.3 is 5.97 Å². The zero-order chi connectivity index (χ0) is 14.9. The Morgan fingerprint density at radius 3 is 2.20 bits per heavy atom. The molecule has 0 bridgehead atoms. The van der Waals surface area contributed by atoms with Crippen molar-refractivity contribution in [2.45, 2.75) is 13.8 Å². The van der Waals surface area contributed by atoms with Gasteiger partial charge in [-0.15, -0.1) is 0 Å². The molecule has 0 saturated carbocycles. The van der Waals surface area contributed by atoms with E-state index in [9.17, 15) is 4.79 Å². The number of nitrogens with zero attached hydrogens (tertiary/aromatic N) is 1. The Hall–Kier alpha value is -2.49. The summed E-state index contributed by atoms with van der Waals surface area (Å²) in [7, 11) is 1.92. The van der Waals surface area contributed by atoms with E-state index in [4.69, 9.17) is 10.8 Å². The number of benzene rings is 2. The number of anilines is 3. The molecule has 2 rings (SSSR count). The first-order valence-electron chi connectivity index (χ1n) is 6.33. The largest absolute Gasteiger partial charge is 0.478 e. The smallest absolute Gasteiger partial charge is 0.335 e. The molecule has 0 aromatic heterocycles. The fourth-order valence-electron chi connectivity index (χ4n) is 2.28. The summed E-state index contributed by atoms with van der Waals surface area (Å²) >= 11 is 0. The van der Waals surface area contributed by atoms with E-state index in [0.29, 0.717) is 5.69 Å². The van der Waals surface area contributed by atoms with Gasteiger partial charge in [0.2, 0.25) is 0 Å². The van der Waals surface area contributed by atoms with Crippen LogP contribution in [0.1, 0.15) is 21.5 Å². The molecule has 0 radical (unpaired) electrons. The lowest BCUT2D eigenvalue weighted by molar-refractivity contribution is 0.0697. The Balaban J connectivity index is 2.42. The standard InChI is InChI=1S/C16H18N2O2/c1-10-6-11(2)8-13(7-10)18(3)15-5-4-12(16(19)20)9-14(15)17/h4-9H,17H2,1-3H3,(H,19,20). The maximum absolute atomic E-state index is 10.9. The highest BCUT2D eigenvalue weighted by Gasteiger charge is 2.11. The Bertz CT molecular complexity index is 645. The van der Waals surface area contributed by atoms with E-state index in [1.807, 2.05) is 25.8 Å². The van der Waals surface area contributed by atoms with Gasteiger partial charge in [-0.3, -0.25) is 0 Å². The predicted octanol–water partition coefficient (Wildman–Crippen LogP) is 3.35. The average molecular weight is 270 g/mol. The van der Waals surface area contributed by atoms with Gasteiger partial charge in [-0.1, -0.05) is 6.07 Å². The van der Waals surface area contributed by atoms with E-state index in [-0.39, 0.29) is 5.56 Å². The lowest BCUT2D eigenvalue weighted by Gasteiger charge is -2.22. The monoisotopic (exact) mass is 270 g/mol. The van der Waals surface area contributed by atoms with Gasteiger partial charge in [-0.05, 0) is 55.3 Å². The highest BCUT2D eigenvalue weighted by atomic mass is 16.4. The molecule has 0 atom stereocenters. The second kappa shape index (κ2) is 5.25. The normalized spacial score (nSPS) is 10.3. The molecule has 0 aliphatic heterocycles. The first-order valence-corrected chi connectivity index (χ1v) is 6.33. The van der Waals surface area contributed by atoms with Crippen LogP contribution < -0.4 is 10.6 Å². The third kappa shape index (κ3) is 2.74. The van der Waals surface area contributed by atoms with Crippen molar-refractivity contribution in [2.75, 3.05) is 17.7 Å². The van der Waals surface area contributed by atoms with Crippen LogP contribution in [-0.2, 0) is 0 Å². The van der Waals surface area contributed by atoms with Gasteiger partial charge in [0.05, 0.1) is 16.9 Å². The van der Waals surface area contributed by atoms with Gasteiger partial charge in [0, 0.05) is 12.7 Å². The Labute approximate surface area is 118 Å². The quantitative estimate of drug-likeness (QED) is 0.839. The highest BCUT2D eigenvalue weighted by Crippen LogP contribution is 2.30. The van der Waals surface area contributed by atoms with Crippen molar-refractivity contribution >= 4 is 23.0 Å². The van der Waals surface area contributed by atoms with E-state index in [0.717, 1.165) is 11.4 Å². The summed E-state index contributed by atoms with van der Waals surface area (Å²) in [4.78, 5) is 12.9. The van der Waals surface area contributed by atoms with Gasteiger partial charge in [0.25, 0.3) is 0 Å². The fourth-order valence-corrected chi connectivity index (χ4v) is 2.28. The first kappa shape index (κ1) is 13.9. The molecular weight excluding hydrogens is 252 g/mol. The second-order valence-electron chi connectivity index (χ2n) is 4.98. The van der Waals surface area contributed by atoms with Gasteiger partial charge in [0.1, 0.15) is 0 Å². The molecule has 2 aromatic carbocycles. The SMILES string of the molecule is Cc1cc(C)cc(N(C)c2ccc(C(=O)O)cc2N)c1. The molecule has 0 amide bonds. The molecule has 0 spiro atoms. The molecule has 0 saturated heterocycles. The maximum atomic E-state index is 10.9. The van der Waals surface area contributed by atoms with Crippen molar-refractivity contribution in [1.29, 1.82) is 0 Å². The number of carbonyl (C=O) groups is 1. The summed E-state index contributed by atoms with van der Waals surface area (Å²) in [6, 6.07) is 11.0. The lowest BCUT2D eigenvalue weighted by atomic mass is 10.1. The molecule has 104 valence electrons. The lowest BCUT2D eigenvalue weighted by Crippen LogP contribution is -2.12. The molecule has 0 aliphatic rings. The Morgan fingerprint density at radius 1 is 1.10 bits per heavy atom. The maximum Gasteiger partial charge on any atom is 0.335 e. The van der Waals surface area contributed by atoms with Crippen molar-refractivity contribution in [3.8, 4) is 0 Å². The number of aromatic carboxylic acids is 1. The number of carboxylic acids is 1. The van der Waals surface area contributed by atoms with Crippen LogP contribution in [0.25, 0.3) is 0 Å². The number of aryl methyl sites for hydroxylation is 2. The molecule has 4 nitrogen and oxygen atoms in total. The highest BCUT2D eigenvalue weighted by molar-refractivity contribution is 5.91. The van der Waals surface area contributed by atoms with Gasteiger partial charge in [-0.2, -0.15) is 0 Å². The molecule has 3 N–H and O–H groups in total. The van der Waals surface area contributed by atoms with Crippen LogP contribution in [0.3, 0.4) is 0 Å². The minimum atomic E-state index is -0.975. The van der Waals surface area contributed by atoms with Gasteiger partial charge in [0.15, 0.2) is 0 Å². The second-order valence-corrected chi connectivity index (χ2v) is 4.98. The summed E-state index contributed by atoms with van der Waals surface area (Å²) < 4.78 is 0. The molecule has 2 aromatic rings. The van der Waals surface area contributed by atoms with Crippen LogP contribution in [0, 0.1) is 13.8 Å². The zero-order valence-corrected chi connectivity index (χ0v) is 11.8. The van der Waals surface area contributed by atoms with Gasteiger partial charge < -0.3 is 15.7 Å². The van der Waals surface area contributed by atoms with Crippen molar-refractivity contribution < 1.29 is 9.90 Å². The van der Waals surface area contributed by atoms with E-state index in [2.05, 4.69) is 18.2 Å². The average Bonchev–Trinajstić information content (AvgIpc) is 2.36. The number of nitrogens with two attached hydrogens (primary N) is 1. The van der Waals surface area contributed by atoms with Crippen LogP contribution in [0.5, 0.6) is 0 Å². The topological polar surface area (TPSA) is 66.6 Å². The van der Waals surface area contributed by atoms with E-state index in [1.54, 1.807) is 12.1 Å². The Kier molecular flexibility index (Phi) is 3.66. The number of rotatable bonds is 3. The number of carboxylic acid groups (broad SMARTS) is 1. The molecule has 0 aliphatic carbocycles. The number of nitrogen functional groups attached to an aromatic ring is 1. The van der Waals surface area contributed by atoms with Crippen LogP contribution in [0.2, 0.25) is 0 Å². The van der Waals surface area contributed by atoms with Crippen LogP contribution in [0.4, 0.5) is 17.1 Å². The van der Waals surface area contributed by atoms with Crippen molar-refractivity contribution in [3.05, 3.63) is 53.1 Å². The summed E-state index contributed by atoms with van der Waals surface area (Å²) in [5, 5.41) is 8.96. The number of hydrogen-bond donors (Lipinski definition) is 2. The van der Waals surface area contributed by atoms with Crippen LogP contribution >= 0.6 is 0 Å². The summed E-state index contributed by atoms with van der Waals surface area (Å²) in [5.41, 5.74) is 10.8. The van der Waals surface area contributed by atoms with E-state index >= 15 is 0 Å². The molecule has 0 fully saturated rings.